The van der Waals surface area contributed by atoms with Gasteiger partial charge in [-0.15, -0.1) is 0 Å². The fourth-order valence-corrected chi connectivity index (χ4v) is 2.82. The number of nitrogens with two attached hydrogens (primary N) is 1. The number of nitrogens with one attached hydrogen (secondary N) is 1. The van der Waals surface area contributed by atoms with Crippen molar-refractivity contribution in [3.05, 3.63) is 62.0 Å². The smallest absolute Gasteiger partial charge is 0.124 e. The number of hydrogen-bond acceptors (Lipinski definition) is 3. The lowest BCUT2D eigenvalue weighted by Crippen LogP contribution is -2.29. The predicted molar refractivity (Wildman–Crippen MR) is 86.3 cm³/mol. The highest BCUT2D eigenvalue weighted by Gasteiger charge is 2.20. The van der Waals surface area contributed by atoms with E-state index in [1.54, 1.807) is 19.2 Å². The average molecular weight is 376 g/mol. The normalized spacial score (nSPS) is 12.2. The molecule has 0 fully saturated rings. The molecule has 106 valence electrons. The molecule has 3 nitrogen and oxygen atoms in total. The lowest BCUT2D eigenvalue weighted by atomic mass is 9.98. The fraction of sp³-hybridized carbons (Fsp3) is 0.143. The van der Waals surface area contributed by atoms with Crippen LogP contribution in [0, 0.1) is 0 Å². The van der Waals surface area contributed by atoms with E-state index >= 15 is 0 Å². The zero-order chi connectivity index (χ0) is 14.7. The molecule has 3 N–H and O–H groups in total. The van der Waals surface area contributed by atoms with Crippen molar-refractivity contribution in [1.29, 1.82) is 0 Å². The lowest BCUT2D eigenvalue weighted by molar-refractivity contribution is 0.404. The van der Waals surface area contributed by atoms with Crippen molar-refractivity contribution in [3.63, 3.8) is 0 Å². The molecule has 0 amide bonds. The van der Waals surface area contributed by atoms with Crippen LogP contribution in [0.3, 0.4) is 0 Å². The van der Waals surface area contributed by atoms with Crippen molar-refractivity contribution in [3.8, 4) is 5.75 Å². The summed E-state index contributed by atoms with van der Waals surface area (Å²) in [5, 5.41) is 1.20. The molecule has 0 bridgehead atoms. The summed E-state index contributed by atoms with van der Waals surface area (Å²) in [5.41, 5.74) is 4.42. The number of benzene rings is 2. The van der Waals surface area contributed by atoms with E-state index < -0.39 is 0 Å². The monoisotopic (exact) mass is 374 g/mol. The second-order valence-corrected chi connectivity index (χ2v) is 5.80. The molecule has 1 atom stereocenters. The fourth-order valence-electron chi connectivity index (χ4n) is 2.02. The Morgan fingerprint density at radius 1 is 1.20 bits per heavy atom. The van der Waals surface area contributed by atoms with Gasteiger partial charge >= 0.3 is 0 Å². The lowest BCUT2D eigenvalue weighted by Gasteiger charge is -2.21. The maximum Gasteiger partial charge on any atom is 0.124 e. The van der Waals surface area contributed by atoms with Crippen LogP contribution in [0.4, 0.5) is 0 Å². The van der Waals surface area contributed by atoms with Gasteiger partial charge in [-0.1, -0.05) is 35.3 Å². The maximum absolute atomic E-state index is 6.34. The summed E-state index contributed by atoms with van der Waals surface area (Å²) in [6.07, 6.45) is 0. The standard InChI is InChI=1S/C14H13BrCl2N2O/c1-20-12-6-5-8(16)7-10(12)14(19-18)9-3-2-4-11(15)13(9)17/h2-7,14,19H,18H2,1H3. The first-order valence-corrected chi connectivity index (χ1v) is 7.36. The highest BCUT2D eigenvalue weighted by molar-refractivity contribution is 9.10. The minimum Gasteiger partial charge on any atom is -0.496 e. The van der Waals surface area contributed by atoms with Crippen LogP contribution in [0.1, 0.15) is 17.2 Å². The molecule has 0 aromatic heterocycles. The third-order valence-electron chi connectivity index (χ3n) is 2.96. The van der Waals surface area contributed by atoms with Crippen LogP contribution in [0.2, 0.25) is 10.0 Å². The van der Waals surface area contributed by atoms with Gasteiger partial charge in [-0.05, 0) is 45.8 Å². The van der Waals surface area contributed by atoms with Gasteiger partial charge < -0.3 is 4.74 Å². The second kappa shape index (κ2) is 6.78. The molecule has 0 aliphatic heterocycles. The van der Waals surface area contributed by atoms with E-state index in [4.69, 9.17) is 33.8 Å². The number of methoxy groups -OCH3 is 1. The maximum atomic E-state index is 6.34. The number of ether oxygens (including phenoxy) is 1. The van der Waals surface area contributed by atoms with Crippen molar-refractivity contribution in [1.82, 2.24) is 5.43 Å². The zero-order valence-electron chi connectivity index (χ0n) is 10.7. The number of hydrogen-bond donors (Lipinski definition) is 2. The summed E-state index contributed by atoms with van der Waals surface area (Å²) in [7, 11) is 1.60. The van der Waals surface area contributed by atoms with Crippen molar-refractivity contribution < 1.29 is 4.74 Å². The average Bonchev–Trinajstić information content (AvgIpc) is 2.44. The van der Waals surface area contributed by atoms with Crippen molar-refractivity contribution in [2.45, 2.75) is 6.04 Å². The van der Waals surface area contributed by atoms with Crippen molar-refractivity contribution >= 4 is 39.1 Å². The first-order valence-electron chi connectivity index (χ1n) is 5.82. The zero-order valence-corrected chi connectivity index (χ0v) is 13.8. The van der Waals surface area contributed by atoms with Crippen LogP contribution < -0.4 is 16.0 Å². The third-order valence-corrected chi connectivity index (χ3v) is 4.51. The van der Waals surface area contributed by atoms with Crippen LogP contribution in [0.25, 0.3) is 0 Å². The van der Waals surface area contributed by atoms with Gasteiger partial charge in [-0.3, -0.25) is 5.84 Å². The molecule has 0 saturated carbocycles. The van der Waals surface area contributed by atoms with Gasteiger partial charge in [0.25, 0.3) is 0 Å². The Labute approximate surface area is 136 Å². The minimum absolute atomic E-state index is 0.325. The topological polar surface area (TPSA) is 47.3 Å². The summed E-state index contributed by atoms with van der Waals surface area (Å²) in [4.78, 5) is 0. The molecule has 1 unspecified atom stereocenters. The molecule has 2 aromatic carbocycles. The van der Waals surface area contributed by atoms with Gasteiger partial charge in [0.1, 0.15) is 5.75 Å². The van der Waals surface area contributed by atoms with Gasteiger partial charge in [-0.25, -0.2) is 5.43 Å². The molecule has 0 aliphatic rings. The van der Waals surface area contributed by atoms with Crippen LogP contribution >= 0.6 is 39.1 Å². The molecule has 0 saturated heterocycles. The van der Waals surface area contributed by atoms with Gasteiger partial charge in [-0.2, -0.15) is 0 Å². The van der Waals surface area contributed by atoms with E-state index in [2.05, 4.69) is 21.4 Å². The van der Waals surface area contributed by atoms with Gasteiger partial charge in [0.15, 0.2) is 0 Å². The van der Waals surface area contributed by atoms with E-state index in [1.165, 1.54) is 0 Å². The summed E-state index contributed by atoms with van der Waals surface area (Å²) >= 11 is 15.8. The molecular weight excluding hydrogens is 363 g/mol. The summed E-state index contributed by atoms with van der Waals surface area (Å²) in [5.74, 6) is 6.40. The van der Waals surface area contributed by atoms with Gasteiger partial charge in [0, 0.05) is 15.1 Å². The molecule has 6 heteroatoms. The summed E-state index contributed by atoms with van der Waals surface area (Å²) < 4.78 is 6.17. The van der Waals surface area contributed by atoms with E-state index in [-0.39, 0.29) is 6.04 Å². The van der Waals surface area contributed by atoms with Crippen molar-refractivity contribution in [2.24, 2.45) is 5.84 Å². The molecule has 2 rings (SSSR count). The Kier molecular flexibility index (Phi) is 5.29. The van der Waals surface area contributed by atoms with Gasteiger partial charge in [0.2, 0.25) is 0 Å². The van der Waals surface area contributed by atoms with Crippen LogP contribution in [0.15, 0.2) is 40.9 Å². The second-order valence-electron chi connectivity index (χ2n) is 4.13. The first-order chi connectivity index (χ1) is 9.58. The largest absolute Gasteiger partial charge is 0.496 e. The predicted octanol–water partition coefficient (Wildman–Crippen LogP) is 4.32. The highest BCUT2D eigenvalue weighted by atomic mass is 79.9. The molecule has 2 aromatic rings. The molecule has 0 spiro atoms. The Balaban J connectivity index is 2.58. The van der Waals surface area contributed by atoms with E-state index in [0.717, 1.165) is 15.6 Å². The number of hydrazine groups is 1. The van der Waals surface area contributed by atoms with E-state index in [9.17, 15) is 0 Å². The third kappa shape index (κ3) is 3.10. The summed E-state index contributed by atoms with van der Waals surface area (Å²) in [6, 6.07) is 10.7. The Hall–Kier alpha value is -0.780. The van der Waals surface area contributed by atoms with Crippen LogP contribution in [-0.4, -0.2) is 7.11 Å². The minimum atomic E-state index is -0.325. The van der Waals surface area contributed by atoms with Crippen LogP contribution in [0.5, 0.6) is 5.75 Å². The number of rotatable bonds is 4. The highest BCUT2D eigenvalue weighted by Crippen LogP contribution is 2.37. The Bertz CT molecular complexity index is 622. The first kappa shape index (κ1) is 15.6. The summed E-state index contributed by atoms with van der Waals surface area (Å²) in [6.45, 7) is 0. The molecule has 0 aliphatic carbocycles. The van der Waals surface area contributed by atoms with Crippen molar-refractivity contribution in [2.75, 3.05) is 7.11 Å². The Morgan fingerprint density at radius 3 is 2.60 bits per heavy atom. The quantitative estimate of drug-likeness (QED) is 0.618. The SMILES string of the molecule is COc1ccc(Cl)cc1C(NN)c1cccc(Br)c1Cl. The molecule has 0 heterocycles. The molecule has 20 heavy (non-hydrogen) atoms. The van der Waals surface area contributed by atoms with Gasteiger partial charge in [0.05, 0.1) is 18.2 Å². The number of halogens is 3. The van der Waals surface area contributed by atoms with Crippen LogP contribution in [-0.2, 0) is 0 Å². The van der Waals surface area contributed by atoms with E-state index in [0.29, 0.717) is 15.8 Å². The Morgan fingerprint density at radius 2 is 1.95 bits per heavy atom. The van der Waals surface area contributed by atoms with E-state index in [1.807, 2.05) is 24.3 Å². The molecular formula is C14H13BrCl2N2O. The molecule has 0 radical (unpaired) electrons.